The number of benzene rings is 2. The summed E-state index contributed by atoms with van der Waals surface area (Å²) in [7, 11) is 0. The Morgan fingerprint density at radius 3 is 1.85 bits per heavy atom. The van der Waals surface area contributed by atoms with Crippen LogP contribution in [-0.4, -0.2) is 19.6 Å². The zero-order valence-electron chi connectivity index (χ0n) is 21.9. The van der Waals surface area contributed by atoms with Gasteiger partial charge in [-0.15, -0.1) is 0 Å². The number of furan rings is 1. The predicted molar refractivity (Wildman–Crippen MR) is 144 cm³/mol. The van der Waals surface area contributed by atoms with Crippen molar-refractivity contribution in [3.8, 4) is 22.5 Å². The lowest BCUT2D eigenvalue weighted by atomic mass is 9.85. The minimum atomic E-state index is 0.136. The molecule has 0 saturated carbocycles. The van der Waals surface area contributed by atoms with Gasteiger partial charge >= 0.3 is 0 Å². The molecule has 0 spiro atoms. The second-order valence-corrected chi connectivity index (χ2v) is 11.9. The fourth-order valence-corrected chi connectivity index (χ4v) is 4.71. The third-order valence-corrected chi connectivity index (χ3v) is 7.05. The Morgan fingerprint density at radius 1 is 0.794 bits per heavy atom. The first-order valence-corrected chi connectivity index (χ1v) is 12.9. The van der Waals surface area contributed by atoms with E-state index in [1.807, 2.05) is 0 Å². The molecule has 1 aliphatic rings. The summed E-state index contributed by atoms with van der Waals surface area (Å²) in [6, 6.07) is 20.1. The van der Waals surface area contributed by atoms with Crippen molar-refractivity contribution >= 4 is 0 Å². The fraction of sp³-hybridized carbons (Fsp3) is 0.484. The maximum absolute atomic E-state index is 6.49. The van der Waals surface area contributed by atoms with Gasteiger partial charge in [-0.2, -0.15) is 0 Å². The predicted octanol–water partition coefficient (Wildman–Crippen LogP) is 7.30. The van der Waals surface area contributed by atoms with E-state index in [2.05, 4.69) is 107 Å². The maximum Gasteiger partial charge on any atom is 0.142 e. The number of hydrogen-bond donors (Lipinski definition) is 2. The second kappa shape index (κ2) is 10.1. The van der Waals surface area contributed by atoms with Crippen LogP contribution in [0.4, 0.5) is 0 Å². The van der Waals surface area contributed by atoms with Gasteiger partial charge in [0.2, 0.25) is 0 Å². The van der Waals surface area contributed by atoms with E-state index < -0.39 is 0 Å². The van der Waals surface area contributed by atoms with Crippen molar-refractivity contribution in [1.82, 2.24) is 10.6 Å². The highest BCUT2D eigenvalue weighted by atomic mass is 16.3. The van der Waals surface area contributed by atoms with Crippen molar-refractivity contribution in [2.75, 3.05) is 19.6 Å². The van der Waals surface area contributed by atoms with Gasteiger partial charge in [0, 0.05) is 11.1 Å². The van der Waals surface area contributed by atoms with Gasteiger partial charge in [0.1, 0.15) is 11.5 Å². The highest BCUT2D eigenvalue weighted by Gasteiger charge is 2.19. The summed E-state index contributed by atoms with van der Waals surface area (Å²) in [6.45, 7) is 17.6. The minimum absolute atomic E-state index is 0.136. The first kappa shape index (κ1) is 24.8. The zero-order chi connectivity index (χ0) is 24.3. The Labute approximate surface area is 206 Å². The average molecular weight is 459 g/mol. The highest BCUT2D eigenvalue weighted by molar-refractivity contribution is 5.80. The molecule has 182 valence electrons. The van der Waals surface area contributed by atoms with Gasteiger partial charge in [-0.3, -0.25) is 0 Å². The van der Waals surface area contributed by atoms with E-state index in [1.165, 1.54) is 35.1 Å². The standard InChI is InChI=1S/C31H42N2O/c1-30(2,3)25-11-7-23(8-12-25)28-19-27(21-33-20-22-15-17-32-18-16-22)34-29(28)24-9-13-26(14-10-24)31(4,5)6/h7-14,19,22,32-33H,15-18,20-21H2,1-6H3. The molecule has 0 unspecified atom stereocenters. The third kappa shape index (κ3) is 6.00. The summed E-state index contributed by atoms with van der Waals surface area (Å²) in [5.41, 5.74) is 6.47. The van der Waals surface area contributed by atoms with E-state index in [4.69, 9.17) is 4.42 Å². The summed E-state index contributed by atoms with van der Waals surface area (Å²) in [5.74, 6) is 2.71. The lowest BCUT2D eigenvalue weighted by Crippen LogP contribution is -2.33. The molecule has 3 nitrogen and oxygen atoms in total. The summed E-state index contributed by atoms with van der Waals surface area (Å²) in [5, 5.41) is 7.10. The Kier molecular flexibility index (Phi) is 7.35. The molecule has 34 heavy (non-hydrogen) atoms. The van der Waals surface area contributed by atoms with Crippen LogP contribution >= 0.6 is 0 Å². The summed E-state index contributed by atoms with van der Waals surface area (Å²) >= 11 is 0. The molecular weight excluding hydrogens is 416 g/mol. The molecule has 0 atom stereocenters. The van der Waals surface area contributed by atoms with Crippen LogP contribution in [0.5, 0.6) is 0 Å². The van der Waals surface area contributed by atoms with Crippen LogP contribution in [0.25, 0.3) is 22.5 Å². The van der Waals surface area contributed by atoms with Crippen molar-refractivity contribution in [2.45, 2.75) is 71.8 Å². The van der Waals surface area contributed by atoms with Crippen LogP contribution in [0.2, 0.25) is 0 Å². The largest absolute Gasteiger partial charge is 0.459 e. The molecule has 0 amide bonds. The normalized spacial score (nSPS) is 15.6. The Bertz CT molecular complexity index is 982. The van der Waals surface area contributed by atoms with E-state index in [9.17, 15) is 0 Å². The third-order valence-electron chi connectivity index (χ3n) is 7.05. The first-order chi connectivity index (χ1) is 16.1. The van der Waals surface area contributed by atoms with E-state index in [1.54, 1.807) is 0 Å². The molecule has 3 heteroatoms. The van der Waals surface area contributed by atoms with E-state index in [0.717, 1.165) is 49.2 Å². The summed E-state index contributed by atoms with van der Waals surface area (Å²) < 4.78 is 6.49. The van der Waals surface area contributed by atoms with Crippen molar-refractivity contribution < 1.29 is 4.42 Å². The van der Waals surface area contributed by atoms with Crippen LogP contribution in [0.3, 0.4) is 0 Å². The molecule has 2 aromatic carbocycles. The smallest absolute Gasteiger partial charge is 0.142 e. The van der Waals surface area contributed by atoms with Gasteiger partial charge in [-0.1, -0.05) is 90.1 Å². The Hall–Kier alpha value is -2.36. The fourth-order valence-electron chi connectivity index (χ4n) is 4.71. The van der Waals surface area contributed by atoms with Gasteiger partial charge in [-0.25, -0.2) is 0 Å². The van der Waals surface area contributed by atoms with Crippen molar-refractivity contribution in [3.05, 3.63) is 71.5 Å². The molecule has 1 aliphatic heterocycles. The van der Waals surface area contributed by atoms with E-state index >= 15 is 0 Å². The monoisotopic (exact) mass is 458 g/mol. The topological polar surface area (TPSA) is 37.2 Å². The molecular formula is C31H42N2O. The SMILES string of the molecule is CC(C)(C)c1ccc(-c2cc(CNCC3CCNCC3)oc2-c2ccc(C(C)(C)C)cc2)cc1. The van der Waals surface area contributed by atoms with Gasteiger partial charge in [-0.05, 0) is 72.0 Å². The van der Waals surface area contributed by atoms with Crippen LogP contribution in [0, 0.1) is 5.92 Å². The van der Waals surface area contributed by atoms with Gasteiger partial charge in [0.15, 0.2) is 0 Å². The molecule has 0 aliphatic carbocycles. The maximum atomic E-state index is 6.49. The van der Waals surface area contributed by atoms with E-state index in [-0.39, 0.29) is 10.8 Å². The van der Waals surface area contributed by atoms with Gasteiger partial charge < -0.3 is 15.1 Å². The zero-order valence-corrected chi connectivity index (χ0v) is 21.9. The Morgan fingerprint density at radius 2 is 1.32 bits per heavy atom. The van der Waals surface area contributed by atoms with Crippen LogP contribution in [0.1, 0.15) is 71.3 Å². The number of nitrogens with one attached hydrogen (secondary N) is 2. The molecule has 0 radical (unpaired) electrons. The van der Waals surface area contributed by atoms with E-state index in [0.29, 0.717) is 0 Å². The molecule has 2 heterocycles. The van der Waals surface area contributed by atoms with Crippen LogP contribution in [0.15, 0.2) is 59.0 Å². The van der Waals surface area contributed by atoms with Crippen molar-refractivity contribution in [1.29, 1.82) is 0 Å². The highest BCUT2D eigenvalue weighted by Crippen LogP contribution is 2.37. The molecule has 1 aromatic heterocycles. The van der Waals surface area contributed by atoms with Crippen molar-refractivity contribution in [3.63, 3.8) is 0 Å². The number of rotatable bonds is 6. The molecule has 1 saturated heterocycles. The minimum Gasteiger partial charge on any atom is -0.459 e. The quantitative estimate of drug-likeness (QED) is 0.407. The Balaban J connectivity index is 1.61. The first-order valence-electron chi connectivity index (χ1n) is 12.9. The van der Waals surface area contributed by atoms with Crippen LogP contribution in [-0.2, 0) is 17.4 Å². The average Bonchev–Trinajstić information content (AvgIpc) is 3.23. The number of piperidine rings is 1. The number of hydrogen-bond acceptors (Lipinski definition) is 3. The van der Waals surface area contributed by atoms with Gasteiger partial charge in [0.05, 0.1) is 6.54 Å². The van der Waals surface area contributed by atoms with Gasteiger partial charge in [0.25, 0.3) is 0 Å². The molecule has 4 rings (SSSR count). The molecule has 3 aromatic rings. The molecule has 2 N–H and O–H groups in total. The van der Waals surface area contributed by atoms with Crippen molar-refractivity contribution in [2.24, 2.45) is 5.92 Å². The second-order valence-electron chi connectivity index (χ2n) is 11.9. The summed E-state index contributed by atoms with van der Waals surface area (Å²) in [6.07, 6.45) is 2.50. The summed E-state index contributed by atoms with van der Waals surface area (Å²) in [4.78, 5) is 0. The lowest BCUT2D eigenvalue weighted by Gasteiger charge is -2.22. The molecule has 0 bridgehead atoms. The lowest BCUT2D eigenvalue weighted by molar-refractivity contribution is 0.350. The van der Waals surface area contributed by atoms with Crippen LogP contribution < -0.4 is 10.6 Å². The molecule has 1 fully saturated rings.